The Bertz CT molecular complexity index is 791. The van der Waals surface area contributed by atoms with Gasteiger partial charge in [0.05, 0.1) is 13.2 Å². The van der Waals surface area contributed by atoms with Gasteiger partial charge in [-0.25, -0.2) is 8.42 Å². The van der Waals surface area contributed by atoms with E-state index in [1.807, 2.05) is 30.3 Å². The zero-order valence-electron chi connectivity index (χ0n) is 15.5. The molecule has 1 aromatic rings. The standard InChI is InChI=1S/C20H28N2O4S/c21-19(23)18-12-16-8-4-5-9-17(16)22(18)27(24,25)20(10-11-20)14-26-13-15-6-2-1-3-7-15/h1-3,6-7,16-18H,4-5,8-14H2,(H2,21,23). The quantitative estimate of drug-likeness (QED) is 0.770. The molecule has 3 unspecified atom stereocenters. The Balaban J connectivity index is 1.51. The maximum atomic E-state index is 13.6. The number of primary amides is 1. The lowest BCUT2D eigenvalue weighted by Gasteiger charge is -2.35. The molecule has 7 heteroatoms. The summed E-state index contributed by atoms with van der Waals surface area (Å²) in [7, 11) is -3.64. The van der Waals surface area contributed by atoms with Crippen molar-refractivity contribution in [3.63, 3.8) is 0 Å². The average molecular weight is 393 g/mol. The Morgan fingerprint density at radius 3 is 2.56 bits per heavy atom. The lowest BCUT2D eigenvalue weighted by atomic mass is 9.85. The Morgan fingerprint density at radius 1 is 1.19 bits per heavy atom. The zero-order valence-corrected chi connectivity index (χ0v) is 16.4. The molecular weight excluding hydrogens is 364 g/mol. The summed E-state index contributed by atoms with van der Waals surface area (Å²) in [6.07, 6.45) is 5.67. The summed E-state index contributed by atoms with van der Waals surface area (Å²) in [5.41, 5.74) is 6.63. The number of carbonyl (C=O) groups is 1. The molecule has 1 aromatic carbocycles. The summed E-state index contributed by atoms with van der Waals surface area (Å²) in [4.78, 5) is 12.0. The fraction of sp³-hybridized carbons (Fsp3) is 0.650. The zero-order chi connectivity index (χ0) is 19.1. The van der Waals surface area contributed by atoms with Crippen molar-refractivity contribution in [2.75, 3.05) is 6.61 Å². The van der Waals surface area contributed by atoms with Crippen molar-refractivity contribution in [2.24, 2.45) is 11.7 Å². The van der Waals surface area contributed by atoms with Crippen LogP contribution in [0.5, 0.6) is 0 Å². The Kier molecular flexibility index (Phi) is 5.03. The molecule has 1 amide bonds. The SMILES string of the molecule is NC(=O)C1CC2CCCCC2N1S(=O)(=O)C1(COCc2ccccc2)CC1. The summed E-state index contributed by atoms with van der Waals surface area (Å²) in [6, 6.07) is 8.96. The van der Waals surface area contributed by atoms with Gasteiger partial charge in [-0.2, -0.15) is 4.31 Å². The highest BCUT2D eigenvalue weighted by atomic mass is 32.2. The number of carbonyl (C=O) groups excluding carboxylic acids is 1. The highest BCUT2D eigenvalue weighted by Crippen LogP contribution is 2.51. The van der Waals surface area contributed by atoms with Crippen molar-refractivity contribution in [3.8, 4) is 0 Å². The van der Waals surface area contributed by atoms with Crippen molar-refractivity contribution in [2.45, 2.75) is 68.4 Å². The molecule has 3 aliphatic rings. The van der Waals surface area contributed by atoms with E-state index in [9.17, 15) is 13.2 Å². The van der Waals surface area contributed by atoms with Gasteiger partial charge in [-0.1, -0.05) is 43.2 Å². The van der Waals surface area contributed by atoms with Gasteiger partial charge >= 0.3 is 0 Å². The van der Waals surface area contributed by atoms with E-state index in [0.717, 1.165) is 31.2 Å². The maximum absolute atomic E-state index is 13.6. The molecular formula is C20H28N2O4S. The van der Waals surface area contributed by atoms with E-state index in [-0.39, 0.29) is 18.6 Å². The highest BCUT2D eigenvalue weighted by Gasteiger charge is 2.62. The summed E-state index contributed by atoms with van der Waals surface area (Å²) < 4.78 is 33.5. The monoisotopic (exact) mass is 392 g/mol. The number of sulfonamides is 1. The molecule has 2 N–H and O–H groups in total. The number of fused-ring (bicyclic) bond motifs is 1. The first-order valence-corrected chi connectivity index (χ1v) is 11.3. The third-order valence-corrected chi connectivity index (χ3v) is 9.17. The first-order chi connectivity index (χ1) is 12.9. The summed E-state index contributed by atoms with van der Waals surface area (Å²) in [5, 5.41) is 0. The van der Waals surface area contributed by atoms with Crippen LogP contribution in [0.1, 0.15) is 50.5 Å². The summed E-state index contributed by atoms with van der Waals surface area (Å²) in [6.45, 7) is 0.563. The van der Waals surface area contributed by atoms with E-state index >= 15 is 0 Å². The molecule has 1 saturated heterocycles. The van der Waals surface area contributed by atoms with Crippen LogP contribution in [0, 0.1) is 5.92 Å². The topological polar surface area (TPSA) is 89.7 Å². The number of ether oxygens (including phenoxy) is 1. The van der Waals surface area contributed by atoms with Crippen LogP contribution in [-0.2, 0) is 26.2 Å². The van der Waals surface area contributed by atoms with Crippen LogP contribution in [0.4, 0.5) is 0 Å². The molecule has 0 bridgehead atoms. The smallest absolute Gasteiger partial charge is 0.235 e. The normalized spacial score (nSPS) is 30.0. The van der Waals surface area contributed by atoms with Crippen LogP contribution in [0.25, 0.3) is 0 Å². The van der Waals surface area contributed by atoms with Crippen LogP contribution in [0.3, 0.4) is 0 Å². The van der Waals surface area contributed by atoms with Crippen LogP contribution >= 0.6 is 0 Å². The van der Waals surface area contributed by atoms with Gasteiger partial charge in [0.2, 0.25) is 15.9 Å². The molecule has 0 aromatic heterocycles. The third kappa shape index (κ3) is 3.41. The van der Waals surface area contributed by atoms with Crippen molar-refractivity contribution in [3.05, 3.63) is 35.9 Å². The van der Waals surface area contributed by atoms with Gasteiger partial charge in [0.25, 0.3) is 0 Å². The number of amides is 1. The number of hydrogen-bond donors (Lipinski definition) is 1. The number of benzene rings is 1. The molecule has 2 aliphatic carbocycles. The first-order valence-electron chi connectivity index (χ1n) is 9.89. The van der Waals surface area contributed by atoms with E-state index < -0.39 is 26.7 Å². The summed E-state index contributed by atoms with van der Waals surface area (Å²) >= 11 is 0. The molecule has 1 aliphatic heterocycles. The van der Waals surface area contributed by atoms with E-state index in [1.54, 1.807) is 0 Å². The van der Waals surface area contributed by atoms with Gasteiger partial charge in [0.15, 0.2) is 0 Å². The molecule has 3 fully saturated rings. The maximum Gasteiger partial charge on any atom is 0.235 e. The molecule has 3 atom stereocenters. The van der Waals surface area contributed by atoms with Crippen molar-refractivity contribution >= 4 is 15.9 Å². The minimum absolute atomic E-state index is 0.0761. The third-order valence-electron chi connectivity index (χ3n) is 6.47. The lowest BCUT2D eigenvalue weighted by Crippen LogP contribution is -2.53. The second-order valence-corrected chi connectivity index (χ2v) is 10.5. The largest absolute Gasteiger partial charge is 0.375 e. The van der Waals surface area contributed by atoms with Crippen LogP contribution in [0.2, 0.25) is 0 Å². The molecule has 148 valence electrons. The Labute approximate surface area is 161 Å². The molecule has 27 heavy (non-hydrogen) atoms. The molecule has 1 heterocycles. The van der Waals surface area contributed by atoms with Gasteiger partial charge in [-0.05, 0) is 43.6 Å². The average Bonchev–Trinajstić information content (AvgIpc) is 3.35. The van der Waals surface area contributed by atoms with Gasteiger partial charge in [0, 0.05) is 6.04 Å². The second-order valence-electron chi connectivity index (χ2n) is 8.26. The Morgan fingerprint density at radius 2 is 1.89 bits per heavy atom. The molecule has 0 spiro atoms. The van der Waals surface area contributed by atoms with Crippen molar-refractivity contribution in [1.82, 2.24) is 4.31 Å². The number of hydrogen-bond acceptors (Lipinski definition) is 4. The van der Waals surface area contributed by atoms with E-state index in [1.165, 1.54) is 4.31 Å². The molecule has 2 saturated carbocycles. The van der Waals surface area contributed by atoms with E-state index in [4.69, 9.17) is 10.5 Å². The van der Waals surface area contributed by atoms with Gasteiger partial charge in [-0.15, -0.1) is 0 Å². The predicted molar refractivity (Wildman–Crippen MR) is 102 cm³/mol. The van der Waals surface area contributed by atoms with E-state index in [2.05, 4.69) is 0 Å². The number of nitrogens with two attached hydrogens (primary N) is 1. The Hall–Kier alpha value is -1.44. The number of rotatable bonds is 7. The summed E-state index contributed by atoms with van der Waals surface area (Å²) in [5.74, 6) is -0.263. The molecule has 4 rings (SSSR count). The van der Waals surface area contributed by atoms with Gasteiger partial charge < -0.3 is 10.5 Å². The molecule has 6 nitrogen and oxygen atoms in total. The number of nitrogens with zero attached hydrogens (tertiary/aromatic N) is 1. The van der Waals surface area contributed by atoms with Crippen molar-refractivity contribution < 1.29 is 17.9 Å². The van der Waals surface area contributed by atoms with Gasteiger partial charge in [-0.3, -0.25) is 4.79 Å². The van der Waals surface area contributed by atoms with Crippen LogP contribution < -0.4 is 5.73 Å². The second kappa shape index (κ2) is 7.18. The fourth-order valence-corrected chi connectivity index (χ4v) is 7.23. The van der Waals surface area contributed by atoms with Crippen LogP contribution in [-0.4, -0.2) is 42.1 Å². The minimum atomic E-state index is -3.64. The predicted octanol–water partition coefficient (Wildman–Crippen LogP) is 2.18. The van der Waals surface area contributed by atoms with Gasteiger partial charge in [0.1, 0.15) is 10.8 Å². The first kappa shape index (κ1) is 18.9. The fourth-order valence-electron chi connectivity index (χ4n) is 4.78. The lowest BCUT2D eigenvalue weighted by molar-refractivity contribution is -0.121. The van der Waals surface area contributed by atoms with E-state index in [0.29, 0.717) is 25.9 Å². The van der Waals surface area contributed by atoms with Crippen molar-refractivity contribution in [1.29, 1.82) is 0 Å². The molecule has 0 radical (unpaired) electrons. The minimum Gasteiger partial charge on any atom is -0.375 e. The van der Waals surface area contributed by atoms with Crippen LogP contribution in [0.15, 0.2) is 30.3 Å². The highest BCUT2D eigenvalue weighted by molar-refractivity contribution is 7.91.